The summed E-state index contributed by atoms with van der Waals surface area (Å²) in [6.45, 7) is 0.697. The summed E-state index contributed by atoms with van der Waals surface area (Å²) in [6, 6.07) is -0.937. The Kier molecular flexibility index (Phi) is 5.08. The van der Waals surface area contributed by atoms with E-state index in [1.807, 2.05) is 0 Å². The molecular formula is C11H18N2O5. The Labute approximate surface area is 105 Å². The van der Waals surface area contributed by atoms with Crippen LogP contribution < -0.4 is 5.73 Å². The maximum Gasteiger partial charge on any atom is 0.326 e. The molecule has 0 radical (unpaired) electrons. The van der Waals surface area contributed by atoms with Crippen molar-refractivity contribution in [1.29, 1.82) is 0 Å². The first kappa shape index (κ1) is 14.4. The van der Waals surface area contributed by atoms with E-state index in [1.54, 1.807) is 0 Å². The van der Waals surface area contributed by atoms with Crippen LogP contribution in [0.3, 0.4) is 0 Å². The van der Waals surface area contributed by atoms with Crippen LogP contribution in [0.1, 0.15) is 25.7 Å². The monoisotopic (exact) mass is 258 g/mol. The van der Waals surface area contributed by atoms with Gasteiger partial charge in [0.15, 0.2) is 0 Å². The second-order valence-electron chi connectivity index (χ2n) is 4.49. The van der Waals surface area contributed by atoms with Crippen molar-refractivity contribution >= 4 is 17.8 Å². The van der Waals surface area contributed by atoms with E-state index in [4.69, 9.17) is 15.9 Å². The van der Waals surface area contributed by atoms with Crippen molar-refractivity contribution < 1.29 is 24.6 Å². The summed E-state index contributed by atoms with van der Waals surface area (Å²) < 4.78 is 0. The summed E-state index contributed by atoms with van der Waals surface area (Å²) in [4.78, 5) is 34.5. The lowest BCUT2D eigenvalue weighted by Crippen LogP contribution is -2.42. The zero-order valence-corrected chi connectivity index (χ0v) is 10.0. The van der Waals surface area contributed by atoms with E-state index in [0.29, 0.717) is 13.1 Å². The van der Waals surface area contributed by atoms with Gasteiger partial charge in [-0.2, -0.15) is 0 Å². The minimum absolute atomic E-state index is 0.00109. The van der Waals surface area contributed by atoms with Crippen molar-refractivity contribution in [3.63, 3.8) is 0 Å². The van der Waals surface area contributed by atoms with Gasteiger partial charge in [-0.3, -0.25) is 9.59 Å². The fraction of sp³-hybridized carbons (Fsp3) is 0.727. The number of carbonyl (C=O) groups excluding carboxylic acids is 1. The Morgan fingerprint density at radius 2 is 2.11 bits per heavy atom. The lowest BCUT2D eigenvalue weighted by Gasteiger charge is -2.24. The first-order chi connectivity index (χ1) is 8.45. The summed E-state index contributed by atoms with van der Waals surface area (Å²) in [6.07, 6.45) is 0.583. The molecule has 1 amide bonds. The number of nitrogens with zero attached hydrogens (tertiary/aromatic N) is 1. The molecule has 1 heterocycles. The van der Waals surface area contributed by atoms with Gasteiger partial charge in [0, 0.05) is 19.4 Å². The molecule has 0 bridgehead atoms. The molecule has 1 aliphatic heterocycles. The topological polar surface area (TPSA) is 121 Å². The summed E-state index contributed by atoms with van der Waals surface area (Å²) in [5, 5.41) is 17.6. The van der Waals surface area contributed by atoms with E-state index in [9.17, 15) is 14.4 Å². The van der Waals surface area contributed by atoms with E-state index in [0.717, 1.165) is 0 Å². The van der Waals surface area contributed by atoms with Crippen molar-refractivity contribution in [2.75, 3.05) is 13.1 Å². The zero-order chi connectivity index (χ0) is 13.7. The van der Waals surface area contributed by atoms with E-state index >= 15 is 0 Å². The molecule has 2 atom stereocenters. The van der Waals surface area contributed by atoms with Crippen molar-refractivity contribution in [3.05, 3.63) is 0 Å². The molecule has 7 heteroatoms. The summed E-state index contributed by atoms with van der Waals surface area (Å²) in [5.74, 6) is -2.27. The molecule has 2 unspecified atom stereocenters. The summed E-state index contributed by atoms with van der Waals surface area (Å²) in [7, 11) is 0. The van der Waals surface area contributed by atoms with Gasteiger partial charge in [0.25, 0.3) is 0 Å². The fourth-order valence-electron chi connectivity index (χ4n) is 2.13. The van der Waals surface area contributed by atoms with Crippen LogP contribution in [0.25, 0.3) is 0 Å². The standard InChI is InChI=1S/C11H18N2O5/c12-5-7-4-9(14)13(6-7)8(11(17)18)2-1-3-10(15)16/h7-8H,1-6,12H2,(H,15,16)(H,17,18). The molecule has 4 N–H and O–H groups in total. The number of likely N-dealkylation sites (tertiary alicyclic amines) is 1. The maximum absolute atomic E-state index is 11.7. The Morgan fingerprint density at radius 3 is 2.56 bits per heavy atom. The highest BCUT2D eigenvalue weighted by Gasteiger charge is 2.36. The molecule has 0 saturated carbocycles. The Balaban J connectivity index is 2.59. The molecule has 102 valence electrons. The molecule has 0 spiro atoms. The quantitative estimate of drug-likeness (QED) is 0.566. The summed E-state index contributed by atoms with van der Waals surface area (Å²) in [5.41, 5.74) is 5.47. The number of carbonyl (C=O) groups is 3. The van der Waals surface area contributed by atoms with Gasteiger partial charge < -0.3 is 20.8 Å². The molecule has 0 aromatic carbocycles. The number of carboxylic acids is 2. The van der Waals surface area contributed by atoms with Crippen LogP contribution in [-0.4, -0.2) is 52.1 Å². The van der Waals surface area contributed by atoms with Gasteiger partial charge in [0.1, 0.15) is 6.04 Å². The number of carboxylic acid groups (broad SMARTS) is 2. The van der Waals surface area contributed by atoms with Gasteiger partial charge in [0.2, 0.25) is 5.91 Å². The Hall–Kier alpha value is -1.63. The predicted molar refractivity (Wildman–Crippen MR) is 61.8 cm³/mol. The number of hydrogen-bond acceptors (Lipinski definition) is 4. The van der Waals surface area contributed by atoms with Gasteiger partial charge >= 0.3 is 11.9 Å². The minimum atomic E-state index is -1.09. The van der Waals surface area contributed by atoms with E-state index in [-0.39, 0.29) is 37.5 Å². The highest BCUT2D eigenvalue weighted by molar-refractivity contribution is 5.85. The lowest BCUT2D eigenvalue weighted by molar-refractivity contribution is -0.149. The molecule has 0 aliphatic carbocycles. The van der Waals surface area contributed by atoms with Gasteiger partial charge in [-0.15, -0.1) is 0 Å². The molecule has 1 aliphatic rings. The van der Waals surface area contributed by atoms with Crippen LogP contribution in [0.4, 0.5) is 0 Å². The second-order valence-corrected chi connectivity index (χ2v) is 4.49. The number of amides is 1. The van der Waals surface area contributed by atoms with Crippen molar-refractivity contribution in [2.24, 2.45) is 11.7 Å². The normalized spacial score (nSPS) is 21.1. The molecule has 0 aromatic heterocycles. The maximum atomic E-state index is 11.7. The van der Waals surface area contributed by atoms with Crippen LogP contribution in [-0.2, 0) is 14.4 Å². The third kappa shape index (κ3) is 3.69. The van der Waals surface area contributed by atoms with Crippen LogP contribution in [0.5, 0.6) is 0 Å². The number of hydrogen-bond donors (Lipinski definition) is 3. The van der Waals surface area contributed by atoms with Crippen LogP contribution in [0, 0.1) is 5.92 Å². The molecule has 1 fully saturated rings. The molecule has 1 saturated heterocycles. The molecule has 0 aromatic rings. The third-order valence-electron chi connectivity index (χ3n) is 3.10. The first-order valence-corrected chi connectivity index (χ1v) is 5.89. The smallest absolute Gasteiger partial charge is 0.326 e. The van der Waals surface area contributed by atoms with Gasteiger partial charge in [-0.05, 0) is 25.3 Å². The number of rotatable bonds is 7. The highest BCUT2D eigenvalue weighted by atomic mass is 16.4. The second kappa shape index (κ2) is 6.34. The largest absolute Gasteiger partial charge is 0.481 e. The average molecular weight is 258 g/mol. The molecular weight excluding hydrogens is 240 g/mol. The molecule has 18 heavy (non-hydrogen) atoms. The van der Waals surface area contributed by atoms with Crippen LogP contribution in [0.15, 0.2) is 0 Å². The van der Waals surface area contributed by atoms with Crippen molar-refractivity contribution in [1.82, 2.24) is 4.90 Å². The minimum Gasteiger partial charge on any atom is -0.481 e. The van der Waals surface area contributed by atoms with Crippen molar-refractivity contribution in [3.8, 4) is 0 Å². The molecule has 7 nitrogen and oxygen atoms in total. The van der Waals surface area contributed by atoms with E-state index in [2.05, 4.69) is 0 Å². The van der Waals surface area contributed by atoms with E-state index < -0.39 is 18.0 Å². The SMILES string of the molecule is NCC1CC(=O)N(C(CCCC(=O)O)C(=O)O)C1. The third-order valence-corrected chi connectivity index (χ3v) is 3.10. The Bertz CT molecular complexity index is 344. The van der Waals surface area contributed by atoms with Crippen molar-refractivity contribution in [2.45, 2.75) is 31.7 Å². The van der Waals surface area contributed by atoms with Gasteiger partial charge in [-0.1, -0.05) is 0 Å². The predicted octanol–water partition coefficient (Wildman–Crippen LogP) is -0.498. The van der Waals surface area contributed by atoms with Crippen LogP contribution >= 0.6 is 0 Å². The van der Waals surface area contributed by atoms with E-state index in [1.165, 1.54) is 4.90 Å². The average Bonchev–Trinajstić information content (AvgIpc) is 2.65. The summed E-state index contributed by atoms with van der Waals surface area (Å²) >= 11 is 0. The number of aliphatic carboxylic acids is 2. The number of nitrogens with two attached hydrogens (primary N) is 1. The van der Waals surface area contributed by atoms with Gasteiger partial charge in [-0.25, -0.2) is 4.79 Å². The first-order valence-electron chi connectivity index (χ1n) is 5.89. The Morgan fingerprint density at radius 1 is 1.44 bits per heavy atom. The fourth-order valence-corrected chi connectivity index (χ4v) is 2.13. The van der Waals surface area contributed by atoms with Crippen LogP contribution in [0.2, 0.25) is 0 Å². The zero-order valence-electron chi connectivity index (χ0n) is 10.0. The highest BCUT2D eigenvalue weighted by Crippen LogP contribution is 2.22. The molecule has 1 rings (SSSR count). The van der Waals surface area contributed by atoms with Gasteiger partial charge in [0.05, 0.1) is 0 Å². The lowest BCUT2D eigenvalue weighted by atomic mass is 10.1.